The van der Waals surface area contributed by atoms with E-state index in [0.29, 0.717) is 0 Å². The number of quaternary nitrogens is 1. The molecule has 0 unspecified atom stereocenters. The van der Waals surface area contributed by atoms with Crippen LogP contribution in [0, 0.1) is 0 Å². The predicted molar refractivity (Wildman–Crippen MR) is 87.4 cm³/mol. The largest absolute Gasteiger partial charge is 1.00 e. The Morgan fingerprint density at radius 2 is 0.957 bits per heavy atom. The molecule has 0 atom stereocenters. The van der Waals surface area contributed by atoms with Gasteiger partial charge >= 0.3 is 51.4 Å². The van der Waals surface area contributed by atoms with Crippen molar-refractivity contribution in [1.82, 2.24) is 0 Å². The van der Waals surface area contributed by atoms with Crippen molar-refractivity contribution in [1.29, 1.82) is 0 Å². The number of hydrogen-bond donors (Lipinski definition) is 1. The zero-order valence-electron chi connectivity index (χ0n) is 16.1. The molecule has 0 saturated carbocycles. The van der Waals surface area contributed by atoms with Crippen LogP contribution in [0.5, 0.6) is 0 Å². The number of carbonyl (C=O) groups is 1. The summed E-state index contributed by atoms with van der Waals surface area (Å²) in [5.74, 6) is 0. The van der Waals surface area contributed by atoms with E-state index >= 15 is 0 Å². The second kappa shape index (κ2) is 23.3. The molecule has 0 aliphatic heterocycles. The Labute approximate surface area is 197 Å². The van der Waals surface area contributed by atoms with E-state index in [1.54, 1.807) is 0 Å². The van der Waals surface area contributed by atoms with Gasteiger partial charge in [-0.3, -0.25) is 0 Å². The molecule has 0 aliphatic rings. The van der Waals surface area contributed by atoms with Crippen LogP contribution in [0.25, 0.3) is 0 Å². The Morgan fingerprint density at radius 3 is 1.09 bits per heavy atom. The average Bonchev–Trinajstić information content (AvgIpc) is 2.45. The first-order valence-corrected chi connectivity index (χ1v) is 8.73. The summed E-state index contributed by atoms with van der Waals surface area (Å²) in [6.45, 7) is 15.0. The summed E-state index contributed by atoms with van der Waals surface area (Å²) in [6.07, 6.45) is 8.98. The van der Waals surface area contributed by atoms with Gasteiger partial charge in [0.1, 0.15) is 0 Å². The van der Waals surface area contributed by atoms with Crippen molar-refractivity contribution in [3.8, 4) is 0 Å². The van der Waals surface area contributed by atoms with Crippen LogP contribution < -0.4 is 73.5 Å². The molecule has 0 aromatic heterocycles. The Hall–Kier alpha value is 1.35. The molecule has 6 heteroatoms. The molecule has 0 saturated heterocycles. The van der Waals surface area contributed by atoms with Crippen LogP contribution in [0.2, 0.25) is 0 Å². The van der Waals surface area contributed by atoms with Crippen LogP contribution in [-0.2, 0) is 0 Å². The van der Waals surface area contributed by atoms with Crippen molar-refractivity contribution < 1.29 is 87.9 Å². The molecular weight excluding hydrogens is 385 g/mol. The fourth-order valence-corrected chi connectivity index (χ4v) is 2.64. The van der Waals surface area contributed by atoms with Crippen LogP contribution in [0.1, 0.15) is 79.1 Å². The predicted octanol–water partition coefficient (Wildman–Crippen LogP) is -2.10. The molecule has 0 spiro atoms. The molecule has 0 amide bonds. The first kappa shape index (κ1) is 32.1. The summed E-state index contributed by atoms with van der Waals surface area (Å²) < 4.78 is 1.42. The molecule has 4 nitrogen and oxygen atoms in total. The van der Waals surface area contributed by atoms with E-state index in [9.17, 15) is 0 Å². The number of hydrogen-bond acceptors (Lipinski definition) is 2. The van der Waals surface area contributed by atoms with Gasteiger partial charge in [0.05, 0.1) is 26.2 Å². The third kappa shape index (κ3) is 23.3. The van der Waals surface area contributed by atoms with E-state index in [1.165, 1.54) is 82.0 Å². The quantitative estimate of drug-likeness (QED) is 0.290. The van der Waals surface area contributed by atoms with Gasteiger partial charge in [0.25, 0.3) is 0 Å². The topological polar surface area (TPSA) is 60.4 Å². The Balaban J connectivity index is -0.000000268. The molecule has 0 aromatic carbocycles. The fourth-order valence-electron chi connectivity index (χ4n) is 2.64. The molecule has 0 fully saturated rings. The van der Waals surface area contributed by atoms with Crippen molar-refractivity contribution in [2.75, 3.05) is 26.2 Å². The molecular formula is C17H37BrKNO3. The van der Waals surface area contributed by atoms with Gasteiger partial charge in [-0.1, -0.05) is 53.4 Å². The monoisotopic (exact) mass is 421 g/mol. The number of carboxylic acid groups (broad SMARTS) is 2. The molecule has 0 heterocycles. The zero-order chi connectivity index (χ0) is 16.6. The summed E-state index contributed by atoms with van der Waals surface area (Å²) in [5.41, 5.74) is 0. The van der Waals surface area contributed by atoms with Gasteiger partial charge in [-0.05, 0) is 25.7 Å². The molecule has 0 aliphatic carbocycles. The van der Waals surface area contributed by atoms with E-state index in [-0.39, 0.29) is 68.4 Å². The maximum Gasteiger partial charge on any atom is 1.00 e. The van der Waals surface area contributed by atoms with E-state index in [4.69, 9.17) is 15.0 Å². The van der Waals surface area contributed by atoms with Gasteiger partial charge in [0.2, 0.25) is 6.16 Å². The van der Waals surface area contributed by atoms with Gasteiger partial charge in [0.15, 0.2) is 0 Å². The fraction of sp³-hybridized carbons (Fsp3) is 0.941. The third-order valence-corrected chi connectivity index (χ3v) is 3.94. The van der Waals surface area contributed by atoms with Crippen molar-refractivity contribution in [3.05, 3.63) is 0 Å². The Kier molecular flexibility index (Phi) is 32.5. The van der Waals surface area contributed by atoms with Crippen LogP contribution in [0.4, 0.5) is 4.79 Å². The smallest absolute Gasteiger partial charge is 1.00 e. The van der Waals surface area contributed by atoms with E-state index < -0.39 is 6.16 Å². The molecule has 0 bridgehead atoms. The third-order valence-electron chi connectivity index (χ3n) is 3.94. The Morgan fingerprint density at radius 1 is 0.783 bits per heavy atom. The van der Waals surface area contributed by atoms with Crippen LogP contribution in [0.3, 0.4) is 0 Å². The molecule has 1 N–H and O–H groups in total. The Bertz CT molecular complexity index is 202. The minimum atomic E-state index is -2.08. The maximum atomic E-state index is 8.44. The normalized spacial score (nSPS) is 9.91. The van der Waals surface area contributed by atoms with Crippen molar-refractivity contribution in [2.45, 2.75) is 79.1 Å². The van der Waals surface area contributed by atoms with Crippen LogP contribution >= 0.6 is 0 Å². The zero-order valence-corrected chi connectivity index (χ0v) is 20.8. The summed E-state index contributed by atoms with van der Waals surface area (Å²) in [4.78, 5) is 8.44. The number of rotatable bonds is 12. The number of nitrogens with zero attached hydrogens (tertiary/aromatic N) is 1. The van der Waals surface area contributed by atoms with Crippen molar-refractivity contribution in [3.63, 3.8) is 0 Å². The molecule has 136 valence electrons. The van der Waals surface area contributed by atoms with Gasteiger partial charge < -0.3 is 36.5 Å². The minimum Gasteiger partial charge on any atom is -1.00 e. The average molecular weight is 422 g/mol. The summed E-state index contributed by atoms with van der Waals surface area (Å²) in [7, 11) is 0. The second-order valence-electron chi connectivity index (χ2n) is 5.92. The van der Waals surface area contributed by atoms with Gasteiger partial charge in [-0.15, -0.1) is 0 Å². The SMILES string of the molecule is CCCC[N+](CCCC)(CCCC)CCCC.O=C([O-])O.[Br-].[K+]. The number of unbranched alkanes of at least 4 members (excludes halogenated alkanes) is 4. The molecule has 0 rings (SSSR count). The van der Waals surface area contributed by atoms with Gasteiger partial charge in [0, 0.05) is 0 Å². The first-order valence-electron chi connectivity index (χ1n) is 8.73. The van der Waals surface area contributed by atoms with Crippen LogP contribution in [0.15, 0.2) is 0 Å². The standard InChI is InChI=1S/C16H36N.CH2O3.BrH.K/c1-5-9-13-17(14-10-6-2,15-11-7-3)16-12-8-4;2-1(3)4;;/h5-16H2,1-4H3;(H2,2,3,4);1H;/q+1;;;+1/p-2. The summed E-state index contributed by atoms with van der Waals surface area (Å²) >= 11 is 0. The van der Waals surface area contributed by atoms with Crippen LogP contribution in [-0.4, -0.2) is 41.9 Å². The van der Waals surface area contributed by atoms with E-state index in [1.807, 2.05) is 0 Å². The van der Waals surface area contributed by atoms with Gasteiger partial charge in [-0.2, -0.15) is 0 Å². The minimum absolute atomic E-state index is 0. The summed E-state index contributed by atoms with van der Waals surface area (Å²) in [5, 5.41) is 15.3. The maximum absolute atomic E-state index is 8.44. The second-order valence-corrected chi connectivity index (χ2v) is 5.92. The number of halogens is 1. The van der Waals surface area contributed by atoms with E-state index in [0.717, 1.165) is 0 Å². The first-order chi connectivity index (χ1) is 9.97. The van der Waals surface area contributed by atoms with Crippen molar-refractivity contribution >= 4 is 6.16 Å². The molecule has 23 heavy (non-hydrogen) atoms. The summed E-state index contributed by atoms with van der Waals surface area (Å²) in [6, 6.07) is 0. The van der Waals surface area contributed by atoms with E-state index in [2.05, 4.69) is 27.7 Å². The van der Waals surface area contributed by atoms with Crippen molar-refractivity contribution in [2.24, 2.45) is 0 Å². The molecule has 0 radical (unpaired) electrons. The molecule has 0 aromatic rings. The van der Waals surface area contributed by atoms with Gasteiger partial charge in [-0.25, -0.2) is 0 Å².